The van der Waals surface area contributed by atoms with E-state index in [2.05, 4.69) is 9.97 Å². The van der Waals surface area contributed by atoms with Gasteiger partial charge in [-0.15, -0.1) is 11.3 Å². The van der Waals surface area contributed by atoms with Gasteiger partial charge in [0.25, 0.3) is 0 Å². The Morgan fingerprint density at radius 2 is 2.29 bits per heavy atom. The van der Waals surface area contributed by atoms with Crippen LogP contribution < -0.4 is 5.73 Å². The zero-order valence-electron chi connectivity index (χ0n) is 9.21. The number of nitrogen functional groups attached to an aromatic ring is 1. The first kappa shape index (κ1) is 11.5. The summed E-state index contributed by atoms with van der Waals surface area (Å²) in [7, 11) is 0. The van der Waals surface area contributed by atoms with Crippen LogP contribution in [0.3, 0.4) is 0 Å². The summed E-state index contributed by atoms with van der Waals surface area (Å²) in [6.07, 6.45) is 1.58. The van der Waals surface area contributed by atoms with Crippen molar-refractivity contribution in [3.8, 4) is 10.6 Å². The van der Waals surface area contributed by atoms with Gasteiger partial charge in [0, 0.05) is 6.20 Å². The number of thiophene rings is 1. The molecule has 0 aromatic carbocycles. The van der Waals surface area contributed by atoms with E-state index in [1.54, 1.807) is 25.3 Å². The van der Waals surface area contributed by atoms with Crippen LogP contribution in [0.4, 0.5) is 5.95 Å². The van der Waals surface area contributed by atoms with Crippen LogP contribution in [0.1, 0.15) is 16.6 Å². The summed E-state index contributed by atoms with van der Waals surface area (Å²) in [6.45, 7) is 2.14. The molecule has 0 saturated heterocycles. The van der Waals surface area contributed by atoms with Gasteiger partial charge in [-0.2, -0.15) is 0 Å². The number of nitrogens with zero attached hydrogens (tertiary/aromatic N) is 2. The first-order valence-corrected chi connectivity index (χ1v) is 5.88. The lowest BCUT2D eigenvalue weighted by molar-refractivity contribution is 0.0532. The van der Waals surface area contributed by atoms with Crippen molar-refractivity contribution in [2.45, 2.75) is 6.92 Å². The smallest absolute Gasteiger partial charge is 0.348 e. The van der Waals surface area contributed by atoms with Gasteiger partial charge in [-0.1, -0.05) is 0 Å². The number of anilines is 1. The number of nitrogens with two attached hydrogens (primary N) is 1. The molecule has 0 saturated carbocycles. The number of carbonyl (C=O) groups excluding carboxylic acids is 1. The topological polar surface area (TPSA) is 78.1 Å². The standard InChI is InChI=1S/C11H11N3O2S/c1-2-16-10(15)9-4-3-8(17-9)7-5-6-13-11(12)14-7/h3-6H,2H2,1H3,(H2,12,13,14). The molecule has 0 bridgehead atoms. The van der Waals surface area contributed by atoms with E-state index >= 15 is 0 Å². The number of hydrogen-bond donors (Lipinski definition) is 1. The van der Waals surface area contributed by atoms with Crippen LogP contribution in [0.15, 0.2) is 24.4 Å². The molecule has 2 aromatic rings. The molecule has 0 aliphatic heterocycles. The molecule has 0 unspecified atom stereocenters. The summed E-state index contributed by atoms with van der Waals surface area (Å²) in [5.74, 6) is -0.0978. The number of hydrogen-bond acceptors (Lipinski definition) is 6. The van der Waals surface area contributed by atoms with E-state index in [0.29, 0.717) is 17.2 Å². The Kier molecular flexibility index (Phi) is 3.34. The SMILES string of the molecule is CCOC(=O)c1ccc(-c2ccnc(N)n2)s1. The van der Waals surface area contributed by atoms with Gasteiger partial charge in [0.15, 0.2) is 0 Å². The molecule has 17 heavy (non-hydrogen) atoms. The highest BCUT2D eigenvalue weighted by atomic mass is 32.1. The van der Waals surface area contributed by atoms with Crippen molar-refractivity contribution in [3.63, 3.8) is 0 Å². The normalized spacial score (nSPS) is 10.2. The first-order chi connectivity index (χ1) is 8.20. The number of esters is 1. The molecule has 6 heteroatoms. The Bertz CT molecular complexity index is 539. The summed E-state index contributed by atoms with van der Waals surface area (Å²) >= 11 is 1.32. The van der Waals surface area contributed by atoms with Gasteiger partial charge in [0.2, 0.25) is 5.95 Å². The van der Waals surface area contributed by atoms with Gasteiger partial charge >= 0.3 is 5.97 Å². The molecule has 5 nitrogen and oxygen atoms in total. The number of carbonyl (C=O) groups is 1. The van der Waals surface area contributed by atoms with E-state index in [-0.39, 0.29) is 11.9 Å². The summed E-state index contributed by atoms with van der Waals surface area (Å²) in [5, 5.41) is 0. The quantitative estimate of drug-likeness (QED) is 0.841. The zero-order chi connectivity index (χ0) is 12.3. The van der Waals surface area contributed by atoms with Crippen molar-refractivity contribution in [2.75, 3.05) is 12.3 Å². The minimum absolute atomic E-state index is 0.216. The monoisotopic (exact) mass is 249 g/mol. The molecule has 88 valence electrons. The minimum atomic E-state index is -0.314. The molecule has 0 amide bonds. The van der Waals surface area contributed by atoms with Crippen LogP contribution in [0.25, 0.3) is 10.6 Å². The van der Waals surface area contributed by atoms with E-state index in [9.17, 15) is 4.79 Å². The lowest BCUT2D eigenvalue weighted by Gasteiger charge is -1.98. The van der Waals surface area contributed by atoms with Crippen LogP contribution in [0.5, 0.6) is 0 Å². The van der Waals surface area contributed by atoms with Crippen molar-refractivity contribution in [2.24, 2.45) is 0 Å². The van der Waals surface area contributed by atoms with Gasteiger partial charge in [0.1, 0.15) is 4.88 Å². The fourth-order valence-corrected chi connectivity index (χ4v) is 2.17. The maximum atomic E-state index is 11.5. The molecule has 2 N–H and O–H groups in total. The molecule has 2 heterocycles. The zero-order valence-corrected chi connectivity index (χ0v) is 10.0. The van der Waals surface area contributed by atoms with Gasteiger partial charge in [0.05, 0.1) is 17.2 Å². The van der Waals surface area contributed by atoms with Crippen LogP contribution in [-0.4, -0.2) is 22.5 Å². The summed E-state index contributed by atoms with van der Waals surface area (Å²) in [5.41, 5.74) is 6.21. The van der Waals surface area contributed by atoms with Crippen molar-refractivity contribution in [1.29, 1.82) is 0 Å². The third-order valence-corrected chi connectivity index (χ3v) is 3.10. The Morgan fingerprint density at radius 3 is 3.00 bits per heavy atom. The fraction of sp³-hybridized carbons (Fsp3) is 0.182. The second-order valence-corrected chi connectivity index (χ2v) is 4.27. The first-order valence-electron chi connectivity index (χ1n) is 5.06. The maximum absolute atomic E-state index is 11.5. The molecular formula is C11H11N3O2S. The Balaban J connectivity index is 2.27. The van der Waals surface area contributed by atoms with E-state index in [0.717, 1.165) is 4.88 Å². The highest BCUT2D eigenvalue weighted by molar-refractivity contribution is 7.17. The van der Waals surface area contributed by atoms with E-state index in [1.165, 1.54) is 11.3 Å². The predicted octanol–water partition coefficient (Wildman–Crippen LogP) is 1.96. The third kappa shape index (κ3) is 2.59. The molecule has 2 rings (SSSR count). The van der Waals surface area contributed by atoms with Crippen molar-refractivity contribution < 1.29 is 9.53 Å². The Morgan fingerprint density at radius 1 is 1.47 bits per heavy atom. The molecule has 0 atom stereocenters. The number of ether oxygens (including phenoxy) is 1. The number of rotatable bonds is 3. The van der Waals surface area contributed by atoms with Crippen LogP contribution in [-0.2, 0) is 4.74 Å². The second-order valence-electron chi connectivity index (χ2n) is 3.18. The Labute approximate surface area is 102 Å². The van der Waals surface area contributed by atoms with Crippen molar-refractivity contribution >= 4 is 23.3 Å². The van der Waals surface area contributed by atoms with E-state index in [4.69, 9.17) is 10.5 Å². The summed E-state index contributed by atoms with van der Waals surface area (Å²) in [4.78, 5) is 20.8. The molecule has 0 radical (unpaired) electrons. The van der Waals surface area contributed by atoms with Gasteiger partial charge in [-0.3, -0.25) is 0 Å². The summed E-state index contributed by atoms with van der Waals surface area (Å²) < 4.78 is 4.91. The minimum Gasteiger partial charge on any atom is -0.462 e. The lowest BCUT2D eigenvalue weighted by atomic mass is 10.3. The average molecular weight is 249 g/mol. The third-order valence-electron chi connectivity index (χ3n) is 2.01. The van der Waals surface area contributed by atoms with Gasteiger partial charge in [-0.05, 0) is 25.1 Å². The molecule has 2 aromatic heterocycles. The van der Waals surface area contributed by atoms with E-state index in [1.807, 2.05) is 6.07 Å². The molecule has 0 aliphatic rings. The van der Waals surface area contributed by atoms with Gasteiger partial charge in [-0.25, -0.2) is 14.8 Å². The van der Waals surface area contributed by atoms with Crippen LogP contribution in [0, 0.1) is 0 Å². The highest BCUT2D eigenvalue weighted by Gasteiger charge is 2.11. The molecular weight excluding hydrogens is 238 g/mol. The van der Waals surface area contributed by atoms with Gasteiger partial charge < -0.3 is 10.5 Å². The number of aromatic nitrogens is 2. The van der Waals surface area contributed by atoms with Crippen LogP contribution >= 0.6 is 11.3 Å². The predicted molar refractivity (Wildman–Crippen MR) is 65.7 cm³/mol. The fourth-order valence-electron chi connectivity index (χ4n) is 1.30. The van der Waals surface area contributed by atoms with Crippen molar-refractivity contribution in [3.05, 3.63) is 29.3 Å². The summed E-state index contributed by atoms with van der Waals surface area (Å²) in [6, 6.07) is 5.28. The molecule has 0 fully saturated rings. The lowest BCUT2D eigenvalue weighted by Crippen LogP contribution is -2.01. The highest BCUT2D eigenvalue weighted by Crippen LogP contribution is 2.27. The maximum Gasteiger partial charge on any atom is 0.348 e. The average Bonchev–Trinajstić information content (AvgIpc) is 2.78. The van der Waals surface area contributed by atoms with E-state index < -0.39 is 0 Å². The molecule has 0 aliphatic carbocycles. The van der Waals surface area contributed by atoms with Crippen molar-refractivity contribution in [1.82, 2.24) is 9.97 Å². The molecule has 0 spiro atoms. The van der Waals surface area contributed by atoms with Crippen LogP contribution in [0.2, 0.25) is 0 Å². The Hall–Kier alpha value is -1.95. The second kappa shape index (κ2) is 4.92. The largest absolute Gasteiger partial charge is 0.462 e.